The summed E-state index contributed by atoms with van der Waals surface area (Å²) in [4.78, 5) is 0. The first kappa shape index (κ1) is 19.2. The van der Waals surface area contributed by atoms with Crippen LogP contribution in [0.25, 0.3) is 0 Å². The van der Waals surface area contributed by atoms with Crippen molar-refractivity contribution in [3.8, 4) is 0 Å². The highest BCUT2D eigenvalue weighted by Crippen LogP contribution is 2.28. The highest BCUT2D eigenvalue weighted by molar-refractivity contribution is 4.77. The van der Waals surface area contributed by atoms with E-state index in [1.54, 1.807) is 0 Å². The Bertz CT molecular complexity index is 282. The summed E-state index contributed by atoms with van der Waals surface area (Å²) in [6.45, 7) is 5.86. The molecule has 0 aromatic rings. The molecule has 0 bridgehead atoms. The van der Waals surface area contributed by atoms with Gasteiger partial charge in [-0.15, -0.1) is 0 Å². The molecule has 2 aliphatic rings. The third-order valence-corrected chi connectivity index (χ3v) is 6.32. The van der Waals surface area contributed by atoms with Gasteiger partial charge >= 0.3 is 0 Å². The van der Waals surface area contributed by atoms with Crippen molar-refractivity contribution in [1.82, 2.24) is 10.6 Å². The molecular weight excluding hydrogens is 280 g/mol. The van der Waals surface area contributed by atoms with Crippen molar-refractivity contribution < 1.29 is 0 Å². The van der Waals surface area contributed by atoms with Gasteiger partial charge < -0.3 is 10.6 Å². The maximum Gasteiger partial charge on any atom is 0.0458 e. The number of nitrogens with one attached hydrogen (secondary N) is 2. The van der Waals surface area contributed by atoms with E-state index in [1.165, 1.54) is 89.9 Å². The van der Waals surface area contributed by atoms with Crippen LogP contribution in [0, 0.1) is 11.8 Å². The molecule has 0 radical (unpaired) electrons. The van der Waals surface area contributed by atoms with Crippen LogP contribution in [0.2, 0.25) is 0 Å². The Morgan fingerprint density at radius 1 is 0.696 bits per heavy atom. The molecule has 0 heterocycles. The van der Waals surface area contributed by atoms with Crippen molar-refractivity contribution in [3.63, 3.8) is 0 Å². The van der Waals surface area contributed by atoms with Crippen molar-refractivity contribution in [2.24, 2.45) is 11.8 Å². The monoisotopic (exact) mass is 322 g/mol. The zero-order valence-corrected chi connectivity index (χ0v) is 15.9. The Labute approximate surface area is 145 Å². The Morgan fingerprint density at radius 2 is 1.30 bits per heavy atom. The van der Waals surface area contributed by atoms with Crippen LogP contribution < -0.4 is 10.6 Å². The lowest BCUT2D eigenvalue weighted by Gasteiger charge is -2.30. The van der Waals surface area contributed by atoms with Gasteiger partial charge in [-0.05, 0) is 43.9 Å². The van der Waals surface area contributed by atoms with E-state index in [2.05, 4.69) is 24.5 Å². The first-order chi connectivity index (χ1) is 11.3. The molecule has 2 fully saturated rings. The summed E-state index contributed by atoms with van der Waals surface area (Å²) in [5, 5.41) is 7.69. The van der Waals surface area contributed by atoms with E-state index in [9.17, 15) is 0 Å². The molecule has 0 aromatic carbocycles. The molecule has 0 aliphatic heterocycles. The second-order valence-electron chi connectivity index (χ2n) is 8.46. The summed E-state index contributed by atoms with van der Waals surface area (Å²) < 4.78 is 0. The first-order valence-corrected chi connectivity index (χ1v) is 10.7. The van der Waals surface area contributed by atoms with Crippen LogP contribution in [0.5, 0.6) is 0 Å². The molecular formula is C21H42N2. The zero-order valence-electron chi connectivity index (χ0n) is 15.9. The Hall–Kier alpha value is -0.0800. The Morgan fingerprint density at radius 3 is 2.00 bits per heavy atom. The van der Waals surface area contributed by atoms with Gasteiger partial charge in [-0.25, -0.2) is 0 Å². The Balaban J connectivity index is 1.68. The largest absolute Gasteiger partial charge is 0.302 e. The second-order valence-corrected chi connectivity index (χ2v) is 8.46. The summed E-state index contributed by atoms with van der Waals surface area (Å²) in [7, 11) is 0. The molecule has 0 amide bonds. The van der Waals surface area contributed by atoms with Crippen LogP contribution in [0.15, 0.2) is 0 Å². The molecule has 2 rings (SSSR count). The van der Waals surface area contributed by atoms with Gasteiger partial charge in [0.2, 0.25) is 0 Å². The molecule has 136 valence electrons. The molecule has 2 aliphatic carbocycles. The van der Waals surface area contributed by atoms with Crippen molar-refractivity contribution in [1.29, 1.82) is 0 Å². The third-order valence-electron chi connectivity index (χ3n) is 6.32. The van der Waals surface area contributed by atoms with Gasteiger partial charge in [-0.2, -0.15) is 0 Å². The van der Waals surface area contributed by atoms with Crippen molar-refractivity contribution in [3.05, 3.63) is 0 Å². The maximum absolute atomic E-state index is 3.86. The molecule has 2 N–H and O–H groups in total. The van der Waals surface area contributed by atoms with E-state index < -0.39 is 0 Å². The van der Waals surface area contributed by atoms with E-state index in [0.717, 1.165) is 30.6 Å². The van der Waals surface area contributed by atoms with Crippen molar-refractivity contribution in [2.45, 2.75) is 116 Å². The highest BCUT2D eigenvalue weighted by Gasteiger charge is 2.21. The zero-order chi connectivity index (χ0) is 16.3. The van der Waals surface area contributed by atoms with Crippen LogP contribution in [0.1, 0.15) is 104 Å². The molecule has 0 saturated heterocycles. The first-order valence-electron chi connectivity index (χ1n) is 10.7. The SMILES string of the molecule is CCC1CC(C)CCCC(NCNC2CCCCCCCC2)C1. The predicted molar refractivity (Wildman–Crippen MR) is 102 cm³/mol. The van der Waals surface area contributed by atoms with Gasteiger partial charge in [0.15, 0.2) is 0 Å². The van der Waals surface area contributed by atoms with Crippen LogP contribution in [0.4, 0.5) is 0 Å². The minimum atomic E-state index is 0.747. The summed E-state index contributed by atoms with van der Waals surface area (Å²) >= 11 is 0. The van der Waals surface area contributed by atoms with Gasteiger partial charge in [-0.1, -0.05) is 71.6 Å². The van der Waals surface area contributed by atoms with E-state index >= 15 is 0 Å². The average Bonchev–Trinajstić information content (AvgIpc) is 2.65. The van der Waals surface area contributed by atoms with Gasteiger partial charge in [0.25, 0.3) is 0 Å². The predicted octanol–water partition coefficient (Wildman–Crippen LogP) is 5.62. The van der Waals surface area contributed by atoms with Gasteiger partial charge in [0.1, 0.15) is 0 Å². The van der Waals surface area contributed by atoms with Crippen LogP contribution in [0.3, 0.4) is 0 Å². The average molecular weight is 323 g/mol. The quantitative estimate of drug-likeness (QED) is 0.642. The lowest BCUT2D eigenvalue weighted by Crippen LogP contribution is -2.42. The fraction of sp³-hybridized carbons (Fsp3) is 1.00. The standard InChI is InChI=1S/C21H42N2/c1-3-19-15-18(2)11-10-14-21(16-19)23-17-22-20-12-8-6-4-5-7-9-13-20/h18-23H,3-17H2,1-2H3. The number of rotatable bonds is 5. The molecule has 3 atom stereocenters. The minimum Gasteiger partial charge on any atom is -0.302 e. The Kier molecular flexibility index (Phi) is 9.60. The van der Waals surface area contributed by atoms with Crippen LogP contribution in [-0.4, -0.2) is 18.8 Å². The fourth-order valence-corrected chi connectivity index (χ4v) is 4.72. The van der Waals surface area contributed by atoms with Crippen LogP contribution >= 0.6 is 0 Å². The van der Waals surface area contributed by atoms with Gasteiger partial charge in [-0.3, -0.25) is 0 Å². The molecule has 2 heteroatoms. The van der Waals surface area contributed by atoms with Gasteiger partial charge in [0.05, 0.1) is 0 Å². The van der Waals surface area contributed by atoms with Gasteiger partial charge in [0, 0.05) is 18.8 Å². The highest BCUT2D eigenvalue weighted by atomic mass is 15.1. The maximum atomic E-state index is 3.86. The summed E-state index contributed by atoms with van der Waals surface area (Å²) in [6.07, 6.45) is 19.9. The second kappa shape index (κ2) is 11.5. The number of hydrogen-bond acceptors (Lipinski definition) is 2. The molecule has 0 spiro atoms. The number of hydrogen-bond donors (Lipinski definition) is 2. The summed E-state index contributed by atoms with van der Waals surface area (Å²) in [6, 6.07) is 1.51. The fourth-order valence-electron chi connectivity index (χ4n) is 4.72. The molecule has 2 nitrogen and oxygen atoms in total. The molecule has 0 aromatic heterocycles. The molecule has 3 unspecified atom stereocenters. The third kappa shape index (κ3) is 8.03. The summed E-state index contributed by atoms with van der Waals surface area (Å²) in [5.41, 5.74) is 0. The van der Waals surface area contributed by atoms with E-state index in [4.69, 9.17) is 0 Å². The topological polar surface area (TPSA) is 24.1 Å². The van der Waals surface area contributed by atoms with Crippen LogP contribution in [-0.2, 0) is 0 Å². The molecule has 2 saturated carbocycles. The van der Waals surface area contributed by atoms with E-state index in [0.29, 0.717) is 0 Å². The summed E-state index contributed by atoms with van der Waals surface area (Å²) in [5.74, 6) is 1.88. The van der Waals surface area contributed by atoms with E-state index in [1.807, 2.05) is 0 Å². The van der Waals surface area contributed by atoms with Crippen molar-refractivity contribution >= 4 is 0 Å². The minimum absolute atomic E-state index is 0.747. The van der Waals surface area contributed by atoms with Crippen molar-refractivity contribution in [2.75, 3.05) is 6.67 Å². The van der Waals surface area contributed by atoms with E-state index in [-0.39, 0.29) is 0 Å². The molecule has 23 heavy (non-hydrogen) atoms. The normalized spacial score (nSPS) is 32.3. The lowest BCUT2D eigenvalue weighted by atomic mass is 9.82. The lowest BCUT2D eigenvalue weighted by molar-refractivity contribution is 0.256. The smallest absolute Gasteiger partial charge is 0.0458 e.